The summed E-state index contributed by atoms with van der Waals surface area (Å²) in [5.74, 6) is 1.69. The highest BCUT2D eigenvalue weighted by molar-refractivity contribution is 5.35. The Morgan fingerprint density at radius 1 is 1.29 bits per heavy atom. The molecule has 1 rings (SSSR count). The lowest BCUT2D eigenvalue weighted by Crippen LogP contribution is -1.98. The fourth-order valence-electron chi connectivity index (χ4n) is 1.56. The minimum absolute atomic E-state index is 0.700. The van der Waals surface area contributed by atoms with Crippen molar-refractivity contribution < 1.29 is 4.74 Å². The van der Waals surface area contributed by atoms with Crippen molar-refractivity contribution in [2.45, 2.75) is 34.1 Å². The van der Waals surface area contributed by atoms with Gasteiger partial charge in [0.05, 0.1) is 6.61 Å². The molecule has 0 amide bonds. The van der Waals surface area contributed by atoms with Gasteiger partial charge in [-0.3, -0.25) is 0 Å². The molecule has 0 aromatic heterocycles. The molecule has 0 unspecified atom stereocenters. The van der Waals surface area contributed by atoms with Crippen LogP contribution in [0.2, 0.25) is 0 Å². The maximum absolute atomic E-state index is 5.48. The molecule has 0 radical (unpaired) electrons. The van der Waals surface area contributed by atoms with E-state index in [-0.39, 0.29) is 0 Å². The Labute approximate surface area is 87.1 Å². The van der Waals surface area contributed by atoms with Crippen LogP contribution in [0.4, 0.5) is 0 Å². The topological polar surface area (TPSA) is 9.23 Å². The highest BCUT2D eigenvalue weighted by Gasteiger charge is 2.03. The van der Waals surface area contributed by atoms with Crippen LogP contribution in [-0.2, 0) is 6.42 Å². The molecule has 14 heavy (non-hydrogen) atoms. The predicted octanol–water partition coefficient (Wildman–Crippen LogP) is 3.59. The van der Waals surface area contributed by atoms with E-state index in [0.717, 1.165) is 18.8 Å². The van der Waals surface area contributed by atoms with Crippen LogP contribution >= 0.6 is 0 Å². The van der Waals surface area contributed by atoms with Crippen molar-refractivity contribution in [3.8, 4) is 5.75 Å². The lowest BCUT2D eigenvalue weighted by atomic mass is 9.98. The number of aryl methyl sites for hydroxylation is 1. The minimum atomic E-state index is 0.700. The molecule has 1 aromatic rings. The molecule has 0 atom stereocenters. The molecule has 0 fully saturated rings. The van der Waals surface area contributed by atoms with Crippen LogP contribution in [0.25, 0.3) is 0 Å². The van der Waals surface area contributed by atoms with E-state index in [2.05, 4.69) is 32.9 Å². The van der Waals surface area contributed by atoms with Crippen LogP contribution in [-0.4, -0.2) is 6.61 Å². The van der Waals surface area contributed by atoms with Crippen molar-refractivity contribution in [3.63, 3.8) is 0 Å². The van der Waals surface area contributed by atoms with Crippen LogP contribution < -0.4 is 4.74 Å². The third kappa shape index (κ3) is 3.06. The highest BCUT2D eigenvalue weighted by Crippen LogP contribution is 2.20. The summed E-state index contributed by atoms with van der Waals surface area (Å²) in [6, 6.07) is 6.35. The molecule has 0 N–H and O–H groups in total. The molecule has 0 aliphatic rings. The van der Waals surface area contributed by atoms with Crippen molar-refractivity contribution in [1.29, 1.82) is 0 Å². The smallest absolute Gasteiger partial charge is 0.119 e. The quantitative estimate of drug-likeness (QED) is 0.708. The second-order valence-corrected chi connectivity index (χ2v) is 4.12. The van der Waals surface area contributed by atoms with Gasteiger partial charge < -0.3 is 4.74 Å². The average molecular weight is 192 g/mol. The van der Waals surface area contributed by atoms with Gasteiger partial charge in [0.2, 0.25) is 0 Å². The number of ether oxygens (including phenoxy) is 1. The van der Waals surface area contributed by atoms with E-state index in [1.165, 1.54) is 11.1 Å². The summed E-state index contributed by atoms with van der Waals surface area (Å²) < 4.78 is 5.48. The molecule has 0 spiro atoms. The van der Waals surface area contributed by atoms with Crippen LogP contribution in [0.15, 0.2) is 18.2 Å². The fourth-order valence-corrected chi connectivity index (χ4v) is 1.56. The number of hydrogen-bond donors (Lipinski definition) is 0. The van der Waals surface area contributed by atoms with Crippen LogP contribution in [0, 0.1) is 12.8 Å². The van der Waals surface area contributed by atoms with E-state index >= 15 is 0 Å². The first kappa shape index (κ1) is 11.1. The SMILES string of the molecule is CCOc1ccc(C)c(CC(C)C)c1. The maximum Gasteiger partial charge on any atom is 0.119 e. The first-order chi connectivity index (χ1) is 6.63. The van der Waals surface area contributed by atoms with Gasteiger partial charge in [-0.1, -0.05) is 19.9 Å². The normalized spacial score (nSPS) is 10.6. The third-order valence-corrected chi connectivity index (χ3v) is 2.26. The van der Waals surface area contributed by atoms with E-state index in [1.807, 2.05) is 13.0 Å². The van der Waals surface area contributed by atoms with Crippen molar-refractivity contribution in [1.82, 2.24) is 0 Å². The second kappa shape index (κ2) is 5.04. The molecule has 0 saturated carbocycles. The third-order valence-electron chi connectivity index (χ3n) is 2.26. The molecule has 1 aromatic carbocycles. The van der Waals surface area contributed by atoms with E-state index in [0.29, 0.717) is 5.92 Å². The molecule has 0 aliphatic heterocycles. The monoisotopic (exact) mass is 192 g/mol. The lowest BCUT2D eigenvalue weighted by molar-refractivity contribution is 0.339. The summed E-state index contributed by atoms with van der Waals surface area (Å²) in [5, 5.41) is 0. The summed E-state index contributed by atoms with van der Waals surface area (Å²) >= 11 is 0. The summed E-state index contributed by atoms with van der Waals surface area (Å²) in [6.07, 6.45) is 1.13. The number of rotatable bonds is 4. The molecule has 1 nitrogen and oxygen atoms in total. The standard InChI is InChI=1S/C13H20O/c1-5-14-13-7-6-11(4)12(9-13)8-10(2)3/h6-7,9-10H,5,8H2,1-4H3. The Balaban J connectivity index is 2.84. The maximum atomic E-state index is 5.48. The zero-order chi connectivity index (χ0) is 10.6. The molecule has 0 saturated heterocycles. The highest BCUT2D eigenvalue weighted by atomic mass is 16.5. The van der Waals surface area contributed by atoms with E-state index in [9.17, 15) is 0 Å². The zero-order valence-corrected chi connectivity index (χ0v) is 9.63. The van der Waals surface area contributed by atoms with Crippen LogP contribution in [0.1, 0.15) is 31.9 Å². The molecule has 78 valence electrons. The van der Waals surface area contributed by atoms with Crippen molar-refractivity contribution in [2.24, 2.45) is 5.92 Å². The van der Waals surface area contributed by atoms with Gasteiger partial charge >= 0.3 is 0 Å². The van der Waals surface area contributed by atoms with E-state index in [1.54, 1.807) is 0 Å². The second-order valence-electron chi connectivity index (χ2n) is 4.12. The first-order valence-electron chi connectivity index (χ1n) is 5.35. The van der Waals surface area contributed by atoms with Crippen LogP contribution in [0.5, 0.6) is 5.75 Å². The molecule has 0 aliphatic carbocycles. The van der Waals surface area contributed by atoms with Crippen molar-refractivity contribution >= 4 is 0 Å². The Morgan fingerprint density at radius 3 is 2.57 bits per heavy atom. The van der Waals surface area contributed by atoms with Crippen LogP contribution in [0.3, 0.4) is 0 Å². The fraction of sp³-hybridized carbons (Fsp3) is 0.538. The van der Waals surface area contributed by atoms with E-state index in [4.69, 9.17) is 4.74 Å². The first-order valence-corrected chi connectivity index (χ1v) is 5.35. The zero-order valence-electron chi connectivity index (χ0n) is 9.63. The van der Waals surface area contributed by atoms with Gasteiger partial charge in [0.15, 0.2) is 0 Å². The van der Waals surface area contributed by atoms with E-state index < -0.39 is 0 Å². The molecular weight excluding hydrogens is 172 g/mol. The van der Waals surface area contributed by atoms with Gasteiger partial charge in [-0.05, 0) is 49.4 Å². The predicted molar refractivity (Wildman–Crippen MR) is 60.9 cm³/mol. The molecular formula is C13H20O. The summed E-state index contributed by atoms with van der Waals surface area (Å²) in [4.78, 5) is 0. The summed E-state index contributed by atoms with van der Waals surface area (Å²) in [6.45, 7) is 9.40. The number of hydrogen-bond acceptors (Lipinski definition) is 1. The lowest BCUT2D eigenvalue weighted by Gasteiger charge is -2.11. The molecule has 0 bridgehead atoms. The minimum Gasteiger partial charge on any atom is -0.494 e. The van der Waals surface area contributed by atoms with Gasteiger partial charge in [0.25, 0.3) is 0 Å². The molecule has 0 heterocycles. The Bertz CT molecular complexity index is 289. The Kier molecular flexibility index (Phi) is 3.99. The van der Waals surface area contributed by atoms with Crippen molar-refractivity contribution in [2.75, 3.05) is 6.61 Å². The Hall–Kier alpha value is -0.980. The number of benzene rings is 1. The Morgan fingerprint density at radius 2 is 2.00 bits per heavy atom. The van der Waals surface area contributed by atoms with Gasteiger partial charge in [-0.2, -0.15) is 0 Å². The van der Waals surface area contributed by atoms with Gasteiger partial charge in [-0.25, -0.2) is 0 Å². The van der Waals surface area contributed by atoms with Crippen molar-refractivity contribution in [3.05, 3.63) is 29.3 Å². The largest absolute Gasteiger partial charge is 0.494 e. The summed E-state index contributed by atoms with van der Waals surface area (Å²) in [5.41, 5.74) is 2.77. The summed E-state index contributed by atoms with van der Waals surface area (Å²) in [7, 11) is 0. The van der Waals surface area contributed by atoms with Gasteiger partial charge in [-0.15, -0.1) is 0 Å². The average Bonchev–Trinajstić information content (AvgIpc) is 2.10. The van der Waals surface area contributed by atoms with Gasteiger partial charge in [0, 0.05) is 0 Å². The molecule has 1 heteroatoms. The van der Waals surface area contributed by atoms with Gasteiger partial charge in [0.1, 0.15) is 5.75 Å².